The Morgan fingerprint density at radius 3 is 2.50 bits per heavy atom. The number of hydrogen-bond acceptors (Lipinski definition) is 3. The fourth-order valence-electron chi connectivity index (χ4n) is 0.763. The monoisotopic (exact) mass is 170 g/mol. The summed E-state index contributed by atoms with van der Waals surface area (Å²) in [6.45, 7) is 4.95. The molecule has 0 rings (SSSR count). The van der Waals surface area contributed by atoms with Crippen LogP contribution in [0.3, 0.4) is 0 Å². The fourth-order valence-corrected chi connectivity index (χ4v) is 0.763. The second-order valence-electron chi connectivity index (χ2n) is 2.60. The minimum atomic E-state index is -0.465. The second-order valence-corrected chi connectivity index (χ2v) is 2.60. The van der Waals surface area contributed by atoms with Crippen LogP contribution in [0.2, 0.25) is 0 Å². The summed E-state index contributed by atoms with van der Waals surface area (Å²) >= 11 is 0. The first kappa shape index (κ1) is 10.9. The maximum Gasteiger partial charge on any atom is 0.313 e. The third-order valence-electron chi connectivity index (χ3n) is 1.17. The topological polar surface area (TPSA) is 43.4 Å². The molecule has 1 unspecified atom stereocenters. The summed E-state index contributed by atoms with van der Waals surface area (Å²) in [6, 6.07) is 0. The predicted molar refractivity (Wildman–Crippen MR) is 45.7 cm³/mol. The van der Waals surface area contributed by atoms with Crippen molar-refractivity contribution in [1.82, 2.24) is 0 Å². The molecule has 1 atom stereocenters. The van der Waals surface area contributed by atoms with E-state index in [0.717, 1.165) is 0 Å². The Labute approximate surface area is 72.4 Å². The Morgan fingerprint density at radius 1 is 1.50 bits per heavy atom. The van der Waals surface area contributed by atoms with Crippen LogP contribution in [-0.2, 0) is 14.3 Å². The highest BCUT2D eigenvalue weighted by Gasteiger charge is 2.08. The van der Waals surface area contributed by atoms with Crippen LogP contribution in [0.25, 0.3) is 0 Å². The lowest BCUT2D eigenvalue weighted by Gasteiger charge is -2.07. The normalized spacial score (nSPS) is 12.9. The van der Waals surface area contributed by atoms with E-state index in [-0.39, 0.29) is 18.3 Å². The van der Waals surface area contributed by atoms with Gasteiger partial charge in [0.1, 0.15) is 18.3 Å². The molecule has 0 spiro atoms. The number of ether oxygens (including phenoxy) is 1. The highest BCUT2D eigenvalue weighted by atomic mass is 16.5. The van der Waals surface area contributed by atoms with Gasteiger partial charge in [-0.25, -0.2) is 0 Å². The quantitative estimate of drug-likeness (QED) is 0.364. The van der Waals surface area contributed by atoms with Gasteiger partial charge in [-0.3, -0.25) is 9.59 Å². The summed E-state index contributed by atoms with van der Waals surface area (Å²) in [7, 11) is 0. The van der Waals surface area contributed by atoms with Crippen LogP contribution in [0.1, 0.15) is 27.2 Å². The van der Waals surface area contributed by atoms with Crippen LogP contribution < -0.4 is 0 Å². The molecule has 0 aliphatic heterocycles. The van der Waals surface area contributed by atoms with Crippen molar-refractivity contribution in [2.45, 2.75) is 33.3 Å². The molecular formula is C9H14O3. The lowest BCUT2D eigenvalue weighted by Crippen LogP contribution is -2.14. The number of Topliss-reactive ketones (excluding diaryl/α,β-unsaturated/α-hetero) is 1. The molecule has 0 heterocycles. The van der Waals surface area contributed by atoms with Crippen molar-refractivity contribution in [2.24, 2.45) is 0 Å². The second kappa shape index (κ2) is 5.52. The molecule has 3 heteroatoms. The summed E-state index contributed by atoms with van der Waals surface area (Å²) in [5.74, 6) is -0.638. The average Bonchev–Trinajstić information content (AvgIpc) is 1.84. The first-order valence-electron chi connectivity index (χ1n) is 3.88. The third kappa shape index (κ3) is 5.65. The summed E-state index contributed by atoms with van der Waals surface area (Å²) in [5, 5.41) is 0. The van der Waals surface area contributed by atoms with Gasteiger partial charge in [-0.2, -0.15) is 0 Å². The molecular weight excluding hydrogens is 156 g/mol. The molecule has 0 saturated carbocycles. The zero-order valence-electron chi connectivity index (χ0n) is 7.66. The summed E-state index contributed by atoms with van der Waals surface area (Å²) in [6.07, 6.45) is 3.16. The number of ketones is 1. The summed E-state index contributed by atoms with van der Waals surface area (Å²) in [4.78, 5) is 21.3. The van der Waals surface area contributed by atoms with Gasteiger partial charge in [0.05, 0.1) is 0 Å². The van der Waals surface area contributed by atoms with Gasteiger partial charge in [-0.05, 0) is 26.8 Å². The lowest BCUT2D eigenvalue weighted by atomic mass is 10.3. The van der Waals surface area contributed by atoms with E-state index >= 15 is 0 Å². The SMILES string of the molecule is CC=CC(C)OC(=O)CC(C)=O. The number of carbonyl (C=O) groups excluding carboxylic acids is 2. The van der Waals surface area contributed by atoms with Gasteiger partial charge in [0, 0.05) is 0 Å². The number of hydrogen-bond donors (Lipinski definition) is 0. The molecule has 0 amide bonds. The summed E-state index contributed by atoms with van der Waals surface area (Å²) < 4.78 is 4.86. The van der Waals surface area contributed by atoms with Crippen LogP contribution in [0.4, 0.5) is 0 Å². The first-order valence-corrected chi connectivity index (χ1v) is 3.88. The number of allylic oxidation sites excluding steroid dienone is 1. The van der Waals surface area contributed by atoms with Crippen molar-refractivity contribution < 1.29 is 14.3 Å². The van der Waals surface area contributed by atoms with Crippen LogP contribution >= 0.6 is 0 Å². The largest absolute Gasteiger partial charge is 0.458 e. The molecule has 0 fully saturated rings. The van der Waals surface area contributed by atoms with Crippen LogP contribution in [0.15, 0.2) is 12.2 Å². The molecule has 0 aromatic rings. The number of rotatable bonds is 4. The highest BCUT2D eigenvalue weighted by Crippen LogP contribution is 1.96. The van der Waals surface area contributed by atoms with Gasteiger partial charge in [0.25, 0.3) is 0 Å². The standard InChI is InChI=1S/C9H14O3/c1-4-5-8(3)12-9(11)6-7(2)10/h4-5,8H,6H2,1-3H3. The molecule has 3 nitrogen and oxygen atoms in total. The first-order chi connectivity index (χ1) is 5.56. The van der Waals surface area contributed by atoms with Gasteiger partial charge in [0.2, 0.25) is 0 Å². The minimum Gasteiger partial charge on any atom is -0.458 e. The van der Waals surface area contributed by atoms with E-state index in [4.69, 9.17) is 4.74 Å². The van der Waals surface area contributed by atoms with Crippen LogP contribution in [-0.4, -0.2) is 17.9 Å². The predicted octanol–water partition coefficient (Wildman–Crippen LogP) is 1.47. The highest BCUT2D eigenvalue weighted by molar-refractivity contribution is 5.94. The van der Waals surface area contributed by atoms with E-state index in [2.05, 4.69) is 0 Å². The van der Waals surface area contributed by atoms with Crippen LogP contribution in [0, 0.1) is 0 Å². The van der Waals surface area contributed by atoms with Gasteiger partial charge in [-0.15, -0.1) is 0 Å². The maximum absolute atomic E-state index is 10.9. The molecule has 12 heavy (non-hydrogen) atoms. The molecule has 0 aromatic carbocycles. The van der Waals surface area contributed by atoms with E-state index < -0.39 is 5.97 Å². The molecule has 0 aliphatic carbocycles. The molecule has 68 valence electrons. The van der Waals surface area contributed by atoms with Crippen molar-refractivity contribution >= 4 is 11.8 Å². The van der Waals surface area contributed by atoms with Crippen molar-refractivity contribution in [3.05, 3.63) is 12.2 Å². The zero-order valence-corrected chi connectivity index (χ0v) is 7.66. The maximum atomic E-state index is 10.9. The Hall–Kier alpha value is -1.12. The summed E-state index contributed by atoms with van der Waals surface area (Å²) in [5.41, 5.74) is 0. The van der Waals surface area contributed by atoms with E-state index in [1.54, 1.807) is 19.1 Å². The molecule has 0 bridgehead atoms. The van der Waals surface area contributed by atoms with Gasteiger partial charge in [0.15, 0.2) is 0 Å². The molecule has 0 radical (unpaired) electrons. The van der Waals surface area contributed by atoms with Crippen molar-refractivity contribution in [2.75, 3.05) is 0 Å². The van der Waals surface area contributed by atoms with Gasteiger partial charge in [-0.1, -0.05) is 6.08 Å². The van der Waals surface area contributed by atoms with Gasteiger partial charge >= 0.3 is 5.97 Å². The van der Waals surface area contributed by atoms with E-state index in [1.165, 1.54) is 6.92 Å². The average molecular weight is 170 g/mol. The van der Waals surface area contributed by atoms with Crippen molar-refractivity contribution in [1.29, 1.82) is 0 Å². The van der Waals surface area contributed by atoms with E-state index in [9.17, 15) is 9.59 Å². The molecule has 0 aromatic heterocycles. The smallest absolute Gasteiger partial charge is 0.313 e. The van der Waals surface area contributed by atoms with Crippen molar-refractivity contribution in [3.8, 4) is 0 Å². The fraction of sp³-hybridized carbons (Fsp3) is 0.556. The number of esters is 1. The van der Waals surface area contributed by atoms with E-state index in [0.29, 0.717) is 0 Å². The lowest BCUT2D eigenvalue weighted by molar-refractivity contribution is -0.147. The van der Waals surface area contributed by atoms with E-state index in [1.807, 2.05) is 6.92 Å². The third-order valence-corrected chi connectivity index (χ3v) is 1.17. The Bertz CT molecular complexity index is 194. The molecule has 0 aliphatic rings. The molecule has 0 saturated heterocycles. The Morgan fingerprint density at radius 2 is 2.08 bits per heavy atom. The zero-order chi connectivity index (χ0) is 9.56. The number of carbonyl (C=O) groups is 2. The van der Waals surface area contributed by atoms with Crippen LogP contribution in [0.5, 0.6) is 0 Å². The minimum absolute atomic E-state index is 0.137. The Balaban J connectivity index is 3.76. The molecule has 0 N–H and O–H groups in total. The Kier molecular flexibility index (Phi) is 5.00. The van der Waals surface area contributed by atoms with Gasteiger partial charge < -0.3 is 4.74 Å². The van der Waals surface area contributed by atoms with Crippen molar-refractivity contribution in [3.63, 3.8) is 0 Å².